The fourth-order valence-corrected chi connectivity index (χ4v) is 4.98. The summed E-state index contributed by atoms with van der Waals surface area (Å²) in [4.78, 5) is 12.9. The Hall–Kier alpha value is -3.32. The molecule has 0 bridgehead atoms. The number of nitrogens with one attached hydrogen (secondary N) is 1. The molecule has 1 heterocycles. The summed E-state index contributed by atoms with van der Waals surface area (Å²) in [5.74, 6) is 0.461. The van der Waals surface area contributed by atoms with Gasteiger partial charge in [-0.3, -0.25) is 9.10 Å². The average Bonchev–Trinajstić information content (AvgIpc) is 3.18. The molecule has 154 valence electrons. The van der Waals surface area contributed by atoms with Crippen LogP contribution in [0.15, 0.2) is 71.6 Å². The number of fused-ring (bicyclic) bond motifs is 1. The van der Waals surface area contributed by atoms with E-state index in [0.717, 1.165) is 11.1 Å². The van der Waals surface area contributed by atoms with Crippen LogP contribution in [0.25, 0.3) is 0 Å². The zero-order chi connectivity index (χ0) is 21.3. The van der Waals surface area contributed by atoms with E-state index in [-0.39, 0.29) is 10.8 Å². The van der Waals surface area contributed by atoms with E-state index in [2.05, 4.69) is 5.32 Å². The van der Waals surface area contributed by atoms with Crippen molar-refractivity contribution in [3.8, 4) is 5.75 Å². The number of rotatable bonds is 5. The van der Waals surface area contributed by atoms with Gasteiger partial charge in [-0.15, -0.1) is 0 Å². The Morgan fingerprint density at radius 2 is 1.70 bits per heavy atom. The predicted molar refractivity (Wildman–Crippen MR) is 117 cm³/mol. The van der Waals surface area contributed by atoms with Gasteiger partial charge in [0.2, 0.25) is 0 Å². The number of hydrogen-bond donors (Lipinski definition) is 1. The first-order chi connectivity index (χ1) is 14.4. The first-order valence-corrected chi connectivity index (χ1v) is 11.0. The zero-order valence-corrected chi connectivity index (χ0v) is 17.6. The molecule has 1 aliphatic heterocycles. The minimum Gasteiger partial charge on any atom is -0.497 e. The van der Waals surface area contributed by atoms with Crippen LogP contribution < -0.4 is 14.4 Å². The van der Waals surface area contributed by atoms with E-state index in [0.29, 0.717) is 35.7 Å². The molecule has 0 saturated heterocycles. The van der Waals surface area contributed by atoms with Gasteiger partial charge >= 0.3 is 0 Å². The second kappa shape index (κ2) is 7.84. The molecule has 1 N–H and O–H groups in total. The van der Waals surface area contributed by atoms with Crippen molar-refractivity contribution in [3.63, 3.8) is 0 Å². The van der Waals surface area contributed by atoms with E-state index in [1.807, 2.05) is 6.92 Å². The third kappa shape index (κ3) is 3.76. The molecule has 0 saturated carbocycles. The van der Waals surface area contributed by atoms with Crippen LogP contribution in [0.4, 0.5) is 11.4 Å². The summed E-state index contributed by atoms with van der Waals surface area (Å²) >= 11 is 0. The monoisotopic (exact) mass is 422 g/mol. The quantitative estimate of drug-likeness (QED) is 0.674. The second-order valence-corrected chi connectivity index (χ2v) is 9.03. The van der Waals surface area contributed by atoms with Crippen LogP contribution in [0.1, 0.15) is 21.5 Å². The third-order valence-electron chi connectivity index (χ3n) is 5.15. The lowest BCUT2D eigenvalue weighted by Gasteiger charge is -2.20. The minimum absolute atomic E-state index is 0.247. The highest BCUT2D eigenvalue weighted by Gasteiger charge is 2.31. The van der Waals surface area contributed by atoms with Crippen molar-refractivity contribution in [2.75, 3.05) is 23.3 Å². The minimum atomic E-state index is -3.64. The largest absolute Gasteiger partial charge is 0.497 e. The van der Waals surface area contributed by atoms with Gasteiger partial charge in [0.1, 0.15) is 5.75 Å². The van der Waals surface area contributed by atoms with E-state index >= 15 is 0 Å². The highest BCUT2D eigenvalue weighted by molar-refractivity contribution is 7.92. The number of aryl methyl sites for hydroxylation is 1. The number of hydrogen-bond acceptors (Lipinski definition) is 4. The third-order valence-corrected chi connectivity index (χ3v) is 6.98. The van der Waals surface area contributed by atoms with Crippen LogP contribution in [-0.4, -0.2) is 28.0 Å². The Morgan fingerprint density at radius 3 is 2.37 bits per heavy atom. The lowest BCUT2D eigenvalue weighted by atomic mass is 10.1. The van der Waals surface area contributed by atoms with E-state index in [9.17, 15) is 13.2 Å². The number of anilines is 2. The van der Waals surface area contributed by atoms with Gasteiger partial charge < -0.3 is 10.1 Å². The molecule has 0 unspecified atom stereocenters. The molecule has 3 aromatic rings. The van der Waals surface area contributed by atoms with Gasteiger partial charge in [-0.1, -0.05) is 17.7 Å². The average molecular weight is 423 g/mol. The molecule has 0 radical (unpaired) electrons. The van der Waals surface area contributed by atoms with Crippen LogP contribution in [0.2, 0.25) is 0 Å². The molecule has 30 heavy (non-hydrogen) atoms. The molecule has 1 amide bonds. The number of nitrogens with zero attached hydrogens (tertiary/aromatic N) is 1. The van der Waals surface area contributed by atoms with Crippen LogP contribution in [0.3, 0.4) is 0 Å². The summed E-state index contributed by atoms with van der Waals surface area (Å²) in [5, 5.41) is 2.85. The van der Waals surface area contributed by atoms with E-state index in [1.165, 1.54) is 4.31 Å². The Bertz CT molecular complexity index is 1190. The molecule has 0 fully saturated rings. The smallest absolute Gasteiger partial charge is 0.264 e. The highest BCUT2D eigenvalue weighted by Crippen LogP contribution is 2.33. The fraction of sp³-hybridized carbons (Fsp3) is 0.174. The van der Waals surface area contributed by atoms with Gasteiger partial charge in [0.05, 0.1) is 17.7 Å². The first kappa shape index (κ1) is 20.0. The van der Waals surface area contributed by atoms with Crippen molar-refractivity contribution in [2.45, 2.75) is 18.2 Å². The van der Waals surface area contributed by atoms with Crippen molar-refractivity contribution in [3.05, 3.63) is 83.4 Å². The van der Waals surface area contributed by atoms with Gasteiger partial charge in [0.15, 0.2) is 0 Å². The molecule has 0 atom stereocenters. The maximum absolute atomic E-state index is 13.1. The summed E-state index contributed by atoms with van der Waals surface area (Å²) in [6.45, 7) is 2.27. The Morgan fingerprint density at radius 1 is 1.00 bits per heavy atom. The van der Waals surface area contributed by atoms with Crippen LogP contribution in [0.5, 0.6) is 5.75 Å². The van der Waals surface area contributed by atoms with E-state index < -0.39 is 10.0 Å². The molecule has 3 aromatic carbocycles. The lowest BCUT2D eigenvalue weighted by molar-refractivity contribution is 0.102. The van der Waals surface area contributed by atoms with Crippen LogP contribution >= 0.6 is 0 Å². The standard InChI is InChI=1S/C23H22N2O4S/c1-16-3-10-21(11-4-16)30(27,28)25-14-13-17-15-18(5-12-22(17)25)23(26)24-19-6-8-20(29-2)9-7-19/h3-12,15H,13-14H2,1-2H3,(H,24,26). The van der Waals surface area contributed by atoms with Crippen molar-refractivity contribution in [2.24, 2.45) is 0 Å². The molecular weight excluding hydrogens is 400 g/mol. The topological polar surface area (TPSA) is 75.7 Å². The van der Waals surface area contributed by atoms with Crippen molar-refractivity contribution >= 4 is 27.3 Å². The van der Waals surface area contributed by atoms with Gasteiger partial charge in [-0.2, -0.15) is 0 Å². The Balaban J connectivity index is 1.55. The number of sulfonamides is 1. The van der Waals surface area contributed by atoms with E-state index in [4.69, 9.17) is 4.74 Å². The van der Waals surface area contributed by atoms with Crippen molar-refractivity contribution in [1.29, 1.82) is 0 Å². The Kier molecular flexibility index (Phi) is 5.22. The molecule has 0 spiro atoms. The number of ether oxygens (including phenoxy) is 1. The number of carbonyl (C=O) groups excluding carboxylic acids is 1. The predicted octanol–water partition coefficient (Wildman–Crippen LogP) is 4.01. The van der Waals surface area contributed by atoms with Gasteiger partial charge in [0.25, 0.3) is 15.9 Å². The Labute approximate surface area is 176 Å². The zero-order valence-electron chi connectivity index (χ0n) is 16.8. The fourth-order valence-electron chi connectivity index (χ4n) is 3.48. The van der Waals surface area contributed by atoms with Crippen LogP contribution in [0, 0.1) is 6.92 Å². The molecule has 0 aliphatic carbocycles. The second-order valence-electron chi connectivity index (χ2n) is 7.17. The van der Waals surface area contributed by atoms with Gasteiger partial charge in [-0.25, -0.2) is 8.42 Å². The summed E-state index contributed by atoms with van der Waals surface area (Å²) < 4.78 is 32.6. The van der Waals surface area contributed by atoms with Crippen LogP contribution in [-0.2, 0) is 16.4 Å². The highest BCUT2D eigenvalue weighted by atomic mass is 32.2. The SMILES string of the molecule is COc1ccc(NC(=O)c2ccc3c(c2)CCN3S(=O)(=O)c2ccc(C)cc2)cc1. The number of benzene rings is 3. The van der Waals surface area contributed by atoms with Gasteiger partial charge in [-0.05, 0) is 73.5 Å². The van der Waals surface area contributed by atoms with Crippen molar-refractivity contribution < 1.29 is 17.9 Å². The normalized spacial score (nSPS) is 13.1. The summed E-state index contributed by atoms with van der Waals surface area (Å²) in [6, 6.07) is 19.0. The maximum Gasteiger partial charge on any atom is 0.264 e. The first-order valence-electron chi connectivity index (χ1n) is 9.56. The molecule has 7 heteroatoms. The maximum atomic E-state index is 13.1. The summed E-state index contributed by atoms with van der Waals surface area (Å²) in [5.41, 5.74) is 3.61. The van der Waals surface area contributed by atoms with Crippen molar-refractivity contribution in [1.82, 2.24) is 0 Å². The summed E-state index contributed by atoms with van der Waals surface area (Å²) in [6.07, 6.45) is 0.560. The molecule has 0 aromatic heterocycles. The van der Waals surface area contributed by atoms with E-state index in [1.54, 1.807) is 73.8 Å². The molecule has 4 rings (SSSR count). The molecule has 6 nitrogen and oxygen atoms in total. The lowest BCUT2D eigenvalue weighted by Crippen LogP contribution is -2.29. The molecular formula is C23H22N2O4S. The molecule has 1 aliphatic rings. The van der Waals surface area contributed by atoms with Gasteiger partial charge in [0, 0.05) is 17.8 Å². The number of carbonyl (C=O) groups is 1. The number of methoxy groups -OCH3 is 1. The number of amides is 1. The summed E-state index contributed by atoms with van der Waals surface area (Å²) in [7, 11) is -2.05.